The van der Waals surface area contributed by atoms with E-state index < -0.39 is 0 Å². The van der Waals surface area contributed by atoms with Crippen LogP contribution >= 0.6 is 0 Å². The van der Waals surface area contributed by atoms with Gasteiger partial charge < -0.3 is 14.8 Å². The SMILES string of the molecule is COc1ccc(C2CC(C(=O)NCc3ccc(C)cc3)C3C(NNC3c3ccccc3)N2)cc1OC. The Labute approximate surface area is 212 Å². The van der Waals surface area contributed by atoms with Crippen LogP contribution in [0.3, 0.4) is 0 Å². The third-order valence-electron chi connectivity index (χ3n) is 7.39. The summed E-state index contributed by atoms with van der Waals surface area (Å²) in [6.45, 7) is 2.58. The zero-order valence-corrected chi connectivity index (χ0v) is 21.0. The first kappa shape index (κ1) is 24.3. The maximum atomic E-state index is 13.7. The fourth-order valence-corrected chi connectivity index (χ4v) is 5.45. The zero-order valence-electron chi connectivity index (χ0n) is 21.0. The number of amides is 1. The molecule has 2 saturated heterocycles. The molecular weight excluding hydrogens is 452 g/mol. The van der Waals surface area contributed by atoms with Gasteiger partial charge in [0.15, 0.2) is 11.5 Å². The second kappa shape index (κ2) is 10.7. The van der Waals surface area contributed by atoms with Gasteiger partial charge in [-0.3, -0.25) is 10.1 Å². The number of rotatable bonds is 7. The summed E-state index contributed by atoms with van der Waals surface area (Å²) in [5.74, 6) is 1.28. The summed E-state index contributed by atoms with van der Waals surface area (Å²) in [4.78, 5) is 13.7. The smallest absolute Gasteiger partial charge is 0.223 e. The van der Waals surface area contributed by atoms with Crippen LogP contribution < -0.4 is 31.0 Å². The summed E-state index contributed by atoms with van der Waals surface area (Å²) >= 11 is 0. The van der Waals surface area contributed by atoms with Gasteiger partial charge in [-0.05, 0) is 42.2 Å². The number of carbonyl (C=O) groups excluding carboxylic acids is 1. The highest BCUT2D eigenvalue weighted by molar-refractivity contribution is 5.79. The van der Waals surface area contributed by atoms with Crippen molar-refractivity contribution in [3.05, 3.63) is 95.1 Å². The molecule has 7 nitrogen and oxygen atoms in total. The van der Waals surface area contributed by atoms with Gasteiger partial charge in [-0.2, -0.15) is 0 Å². The number of hydrazine groups is 1. The summed E-state index contributed by atoms with van der Waals surface area (Å²) in [5.41, 5.74) is 11.4. The number of ether oxygens (including phenoxy) is 2. The lowest BCUT2D eigenvalue weighted by Crippen LogP contribution is -2.54. The Morgan fingerprint density at radius 3 is 2.39 bits per heavy atom. The van der Waals surface area contributed by atoms with Gasteiger partial charge in [-0.1, -0.05) is 66.2 Å². The minimum atomic E-state index is -0.201. The second-order valence-electron chi connectivity index (χ2n) is 9.61. The third-order valence-corrected chi connectivity index (χ3v) is 7.39. The molecule has 5 unspecified atom stereocenters. The fraction of sp³-hybridized carbons (Fsp3) is 0.345. The van der Waals surface area contributed by atoms with Crippen molar-refractivity contribution in [2.24, 2.45) is 11.8 Å². The van der Waals surface area contributed by atoms with Crippen LogP contribution in [-0.2, 0) is 11.3 Å². The Bertz CT molecular complexity index is 1180. The van der Waals surface area contributed by atoms with E-state index in [1.165, 1.54) is 11.1 Å². The van der Waals surface area contributed by atoms with Crippen LogP contribution in [0.2, 0.25) is 0 Å². The number of carbonyl (C=O) groups is 1. The number of fused-ring (bicyclic) bond motifs is 1. The van der Waals surface area contributed by atoms with Crippen molar-refractivity contribution in [2.75, 3.05) is 14.2 Å². The highest BCUT2D eigenvalue weighted by Gasteiger charge is 2.49. The van der Waals surface area contributed by atoms with Crippen LogP contribution in [0.25, 0.3) is 0 Å². The molecule has 5 rings (SSSR count). The van der Waals surface area contributed by atoms with Gasteiger partial charge in [0.05, 0.1) is 26.4 Å². The highest BCUT2D eigenvalue weighted by atomic mass is 16.5. The molecule has 188 valence electrons. The topological polar surface area (TPSA) is 83.7 Å². The Morgan fingerprint density at radius 2 is 1.67 bits per heavy atom. The van der Waals surface area contributed by atoms with Crippen LogP contribution in [0, 0.1) is 18.8 Å². The first-order chi connectivity index (χ1) is 17.6. The summed E-state index contributed by atoms with van der Waals surface area (Å²) in [7, 11) is 3.27. The van der Waals surface area contributed by atoms with E-state index in [0.717, 1.165) is 11.1 Å². The first-order valence-corrected chi connectivity index (χ1v) is 12.4. The van der Waals surface area contributed by atoms with E-state index in [2.05, 4.69) is 64.8 Å². The molecular formula is C29H34N4O3. The number of benzene rings is 3. The Balaban J connectivity index is 1.41. The average molecular weight is 487 g/mol. The number of aryl methyl sites for hydroxylation is 1. The molecule has 3 aromatic rings. The molecule has 0 spiro atoms. The van der Waals surface area contributed by atoms with Crippen LogP contribution in [0.5, 0.6) is 11.5 Å². The summed E-state index contributed by atoms with van der Waals surface area (Å²) in [6.07, 6.45) is 0.598. The van der Waals surface area contributed by atoms with E-state index in [1.54, 1.807) is 14.2 Å². The van der Waals surface area contributed by atoms with Crippen molar-refractivity contribution in [1.29, 1.82) is 0 Å². The maximum Gasteiger partial charge on any atom is 0.223 e. The van der Waals surface area contributed by atoms with Crippen molar-refractivity contribution in [3.63, 3.8) is 0 Å². The van der Waals surface area contributed by atoms with Gasteiger partial charge in [-0.15, -0.1) is 0 Å². The molecule has 2 aliphatic rings. The van der Waals surface area contributed by atoms with E-state index >= 15 is 0 Å². The normalized spacial score (nSPS) is 25.1. The van der Waals surface area contributed by atoms with Gasteiger partial charge in [-0.25, -0.2) is 10.9 Å². The molecule has 0 aliphatic carbocycles. The summed E-state index contributed by atoms with van der Waals surface area (Å²) < 4.78 is 11.0. The van der Waals surface area contributed by atoms with Crippen LogP contribution in [-0.4, -0.2) is 26.3 Å². The number of methoxy groups -OCH3 is 2. The predicted molar refractivity (Wildman–Crippen MR) is 139 cm³/mol. The molecule has 2 heterocycles. The van der Waals surface area contributed by atoms with Crippen LogP contribution in [0.4, 0.5) is 0 Å². The van der Waals surface area contributed by atoms with Crippen molar-refractivity contribution >= 4 is 5.91 Å². The van der Waals surface area contributed by atoms with Crippen molar-refractivity contribution in [2.45, 2.75) is 38.1 Å². The molecule has 2 aliphatic heterocycles. The molecule has 1 amide bonds. The number of hydrogen-bond acceptors (Lipinski definition) is 6. The lowest BCUT2D eigenvalue weighted by molar-refractivity contribution is -0.129. The summed E-state index contributed by atoms with van der Waals surface area (Å²) in [5, 5.41) is 6.95. The molecule has 5 atom stereocenters. The minimum absolute atomic E-state index is 0.0187. The zero-order chi connectivity index (χ0) is 25.1. The van der Waals surface area contributed by atoms with Gasteiger partial charge in [0.25, 0.3) is 0 Å². The lowest BCUT2D eigenvalue weighted by atomic mass is 9.74. The Kier molecular flexibility index (Phi) is 7.23. The predicted octanol–water partition coefficient (Wildman–Crippen LogP) is 3.77. The van der Waals surface area contributed by atoms with E-state index in [1.807, 2.05) is 36.4 Å². The second-order valence-corrected chi connectivity index (χ2v) is 9.61. The third kappa shape index (κ3) is 4.95. The van der Waals surface area contributed by atoms with Crippen LogP contribution in [0.1, 0.15) is 40.8 Å². The molecule has 4 N–H and O–H groups in total. The number of nitrogens with one attached hydrogen (secondary N) is 4. The van der Waals surface area contributed by atoms with Crippen molar-refractivity contribution in [3.8, 4) is 11.5 Å². The molecule has 0 bridgehead atoms. The number of piperidine rings is 1. The van der Waals surface area contributed by atoms with Crippen molar-refractivity contribution in [1.82, 2.24) is 21.5 Å². The average Bonchev–Trinajstić information content (AvgIpc) is 3.36. The molecule has 36 heavy (non-hydrogen) atoms. The van der Waals surface area contributed by atoms with Crippen LogP contribution in [0.15, 0.2) is 72.8 Å². The van der Waals surface area contributed by atoms with Crippen molar-refractivity contribution < 1.29 is 14.3 Å². The monoisotopic (exact) mass is 486 g/mol. The molecule has 3 aromatic carbocycles. The number of hydrogen-bond donors (Lipinski definition) is 4. The van der Waals surface area contributed by atoms with E-state index in [9.17, 15) is 4.79 Å². The minimum Gasteiger partial charge on any atom is -0.493 e. The first-order valence-electron chi connectivity index (χ1n) is 12.4. The molecule has 0 saturated carbocycles. The Hall–Kier alpha value is -3.39. The molecule has 7 heteroatoms. The molecule has 0 radical (unpaired) electrons. The highest BCUT2D eigenvalue weighted by Crippen LogP contribution is 2.43. The van der Waals surface area contributed by atoms with E-state index in [-0.39, 0.29) is 36.0 Å². The van der Waals surface area contributed by atoms with Gasteiger partial charge >= 0.3 is 0 Å². The quantitative estimate of drug-likeness (QED) is 0.407. The summed E-state index contributed by atoms with van der Waals surface area (Å²) in [6, 6.07) is 24.6. The Morgan fingerprint density at radius 1 is 0.917 bits per heavy atom. The van der Waals surface area contributed by atoms with Gasteiger partial charge in [0.1, 0.15) is 0 Å². The van der Waals surface area contributed by atoms with E-state index in [4.69, 9.17) is 9.47 Å². The molecule has 0 aromatic heterocycles. The van der Waals surface area contributed by atoms with E-state index in [0.29, 0.717) is 24.5 Å². The fourth-order valence-electron chi connectivity index (χ4n) is 5.45. The van der Waals surface area contributed by atoms with Gasteiger partial charge in [0, 0.05) is 24.4 Å². The standard InChI is InChI=1S/C29H34N4O3/c1-18-9-11-19(12-10-18)17-30-29(34)22-16-23(21-13-14-24(35-2)25(15-21)36-3)31-28-26(22)27(32-33-28)20-7-5-4-6-8-20/h4-15,22-23,26-28,31-33H,16-17H2,1-3H3,(H,30,34). The molecule has 2 fully saturated rings. The maximum absolute atomic E-state index is 13.7. The van der Waals surface area contributed by atoms with Gasteiger partial charge in [0.2, 0.25) is 5.91 Å². The lowest BCUT2D eigenvalue weighted by Gasteiger charge is -2.40. The largest absolute Gasteiger partial charge is 0.493 e.